The van der Waals surface area contributed by atoms with E-state index in [1.807, 2.05) is 0 Å². The largest absolute Gasteiger partial charge is 0.372 e. The summed E-state index contributed by atoms with van der Waals surface area (Å²) in [5.41, 5.74) is 3.72. The maximum Gasteiger partial charge on any atom is 0.169 e. The van der Waals surface area contributed by atoms with Crippen LogP contribution in [0.1, 0.15) is 31.9 Å². The highest BCUT2D eigenvalue weighted by molar-refractivity contribution is 5.57. The summed E-state index contributed by atoms with van der Waals surface area (Å²) < 4.78 is 2.15. The monoisotopic (exact) mass is 333 g/mol. The molecule has 0 atom stereocenters. The van der Waals surface area contributed by atoms with E-state index in [0.717, 1.165) is 19.6 Å². The van der Waals surface area contributed by atoms with Gasteiger partial charge in [-0.25, -0.2) is 4.57 Å². The highest BCUT2D eigenvalue weighted by Gasteiger charge is 1.99. The second kappa shape index (κ2) is 10.3. The van der Waals surface area contributed by atoms with Crippen LogP contribution in [-0.2, 0) is 6.54 Å². The van der Waals surface area contributed by atoms with Gasteiger partial charge in [-0.2, -0.15) is 0 Å². The summed E-state index contributed by atoms with van der Waals surface area (Å²) in [4.78, 5) is 2.35. The Morgan fingerprint density at radius 1 is 0.720 bits per heavy atom. The van der Waals surface area contributed by atoms with Crippen LogP contribution in [-0.4, -0.2) is 13.1 Å². The maximum atomic E-state index is 2.35. The van der Waals surface area contributed by atoms with Crippen molar-refractivity contribution < 1.29 is 4.57 Å². The number of hydrogen-bond acceptors (Lipinski definition) is 1. The summed E-state index contributed by atoms with van der Waals surface area (Å²) >= 11 is 0. The van der Waals surface area contributed by atoms with Crippen LogP contribution < -0.4 is 9.47 Å². The fraction of sp³-hybridized carbons (Fsp3) is 0.261. The Balaban J connectivity index is 1.87. The first kappa shape index (κ1) is 18.7. The highest BCUT2D eigenvalue weighted by atomic mass is 15.1. The summed E-state index contributed by atoms with van der Waals surface area (Å²) in [6.07, 6.45) is 16.7. The molecule has 0 fully saturated rings. The van der Waals surface area contributed by atoms with E-state index >= 15 is 0 Å². The molecular weight excluding hydrogens is 304 g/mol. The molecule has 0 amide bonds. The van der Waals surface area contributed by atoms with Crippen LogP contribution in [0.5, 0.6) is 0 Å². The number of hydrogen-bond donors (Lipinski definition) is 0. The zero-order chi connectivity index (χ0) is 17.9. The van der Waals surface area contributed by atoms with Crippen LogP contribution in [0.15, 0.2) is 73.1 Å². The van der Waals surface area contributed by atoms with E-state index in [-0.39, 0.29) is 0 Å². The fourth-order valence-electron chi connectivity index (χ4n) is 2.64. The molecular formula is C23H29N2+. The van der Waals surface area contributed by atoms with Gasteiger partial charge in [-0.15, -0.1) is 0 Å². The first-order chi connectivity index (χ1) is 12.3. The van der Waals surface area contributed by atoms with Crippen molar-refractivity contribution in [2.75, 3.05) is 18.0 Å². The molecule has 0 aliphatic heterocycles. The Labute approximate surface area is 152 Å². The molecule has 0 aliphatic carbocycles. The SMILES string of the molecule is CCN(CC)c1ccc(/C=C/C=C/C=C/c2cc[n+](CC)cc2)cc1. The van der Waals surface area contributed by atoms with Crippen molar-refractivity contribution in [1.82, 2.24) is 0 Å². The number of rotatable bonds is 8. The third-order valence-corrected chi connectivity index (χ3v) is 4.21. The van der Waals surface area contributed by atoms with Crippen molar-refractivity contribution in [3.8, 4) is 0 Å². The van der Waals surface area contributed by atoms with Gasteiger partial charge in [0.1, 0.15) is 6.54 Å². The zero-order valence-electron chi connectivity index (χ0n) is 15.6. The minimum absolute atomic E-state index is 1.00. The second-order valence-corrected chi connectivity index (χ2v) is 5.83. The normalized spacial score (nSPS) is 11.8. The average molecular weight is 333 g/mol. The van der Waals surface area contributed by atoms with Gasteiger partial charge in [0, 0.05) is 30.9 Å². The van der Waals surface area contributed by atoms with Gasteiger partial charge in [0.25, 0.3) is 0 Å². The highest BCUT2D eigenvalue weighted by Crippen LogP contribution is 2.15. The minimum atomic E-state index is 1.00. The van der Waals surface area contributed by atoms with Gasteiger partial charge in [0.15, 0.2) is 12.4 Å². The van der Waals surface area contributed by atoms with E-state index in [9.17, 15) is 0 Å². The predicted molar refractivity (Wildman–Crippen MR) is 110 cm³/mol. The van der Waals surface area contributed by atoms with Gasteiger partial charge in [-0.1, -0.05) is 48.6 Å². The average Bonchev–Trinajstić information content (AvgIpc) is 2.67. The van der Waals surface area contributed by atoms with Crippen molar-refractivity contribution in [1.29, 1.82) is 0 Å². The van der Waals surface area contributed by atoms with Crippen LogP contribution in [0.2, 0.25) is 0 Å². The third-order valence-electron chi connectivity index (χ3n) is 4.21. The van der Waals surface area contributed by atoms with Crippen molar-refractivity contribution >= 4 is 17.8 Å². The number of anilines is 1. The molecule has 2 nitrogen and oxygen atoms in total. The van der Waals surface area contributed by atoms with Gasteiger partial charge >= 0.3 is 0 Å². The Kier molecular flexibility index (Phi) is 7.71. The third kappa shape index (κ3) is 6.07. The number of aryl methyl sites for hydroxylation is 1. The number of benzene rings is 1. The molecule has 0 saturated heterocycles. The molecule has 25 heavy (non-hydrogen) atoms. The molecule has 0 N–H and O–H groups in total. The Morgan fingerprint density at radius 3 is 1.72 bits per heavy atom. The lowest BCUT2D eigenvalue weighted by Crippen LogP contribution is -2.30. The van der Waals surface area contributed by atoms with Gasteiger partial charge in [-0.3, -0.25) is 0 Å². The Bertz CT molecular complexity index is 703. The number of pyridine rings is 1. The summed E-state index contributed by atoms with van der Waals surface area (Å²) in [7, 11) is 0. The van der Waals surface area contributed by atoms with Crippen molar-refractivity contribution in [3.63, 3.8) is 0 Å². The van der Waals surface area contributed by atoms with E-state index in [0.29, 0.717) is 0 Å². The van der Waals surface area contributed by atoms with E-state index in [4.69, 9.17) is 0 Å². The molecule has 0 saturated carbocycles. The van der Waals surface area contributed by atoms with E-state index in [1.165, 1.54) is 16.8 Å². The molecule has 2 aromatic rings. The molecule has 0 aliphatic rings. The van der Waals surface area contributed by atoms with Crippen LogP contribution in [0.25, 0.3) is 12.2 Å². The second-order valence-electron chi connectivity index (χ2n) is 5.83. The molecule has 0 unspecified atom stereocenters. The smallest absolute Gasteiger partial charge is 0.169 e. The lowest BCUT2D eigenvalue weighted by atomic mass is 10.1. The van der Waals surface area contributed by atoms with Crippen LogP contribution in [0.4, 0.5) is 5.69 Å². The number of nitrogens with zero attached hydrogens (tertiary/aromatic N) is 2. The lowest BCUT2D eigenvalue weighted by molar-refractivity contribution is -0.693. The topological polar surface area (TPSA) is 7.12 Å². The quantitative estimate of drug-likeness (QED) is 0.480. The van der Waals surface area contributed by atoms with Crippen LogP contribution in [0, 0.1) is 0 Å². The van der Waals surface area contributed by atoms with Crippen LogP contribution in [0.3, 0.4) is 0 Å². The molecule has 1 aromatic heterocycles. The first-order valence-electron chi connectivity index (χ1n) is 9.12. The van der Waals surface area contributed by atoms with Gasteiger partial charge in [0.05, 0.1) is 0 Å². The molecule has 2 heteroatoms. The molecule has 1 aromatic carbocycles. The fourth-order valence-corrected chi connectivity index (χ4v) is 2.64. The van der Waals surface area contributed by atoms with Crippen molar-refractivity contribution in [2.24, 2.45) is 0 Å². The van der Waals surface area contributed by atoms with E-state index in [1.54, 1.807) is 0 Å². The van der Waals surface area contributed by atoms with Crippen molar-refractivity contribution in [3.05, 3.63) is 84.2 Å². The minimum Gasteiger partial charge on any atom is -0.372 e. The van der Waals surface area contributed by atoms with E-state index < -0.39 is 0 Å². The van der Waals surface area contributed by atoms with Gasteiger partial charge in [0.2, 0.25) is 0 Å². The van der Waals surface area contributed by atoms with Crippen molar-refractivity contribution in [2.45, 2.75) is 27.3 Å². The lowest BCUT2D eigenvalue weighted by Gasteiger charge is -2.20. The zero-order valence-corrected chi connectivity index (χ0v) is 15.6. The number of allylic oxidation sites excluding steroid dienone is 4. The summed E-state index contributed by atoms with van der Waals surface area (Å²) in [6, 6.07) is 13.0. The molecule has 2 rings (SSSR count). The van der Waals surface area contributed by atoms with E-state index in [2.05, 4.69) is 115 Å². The predicted octanol–water partition coefficient (Wildman–Crippen LogP) is 5.12. The number of aromatic nitrogens is 1. The standard InChI is InChI=1S/C23H29N2/c1-4-24-19-17-22(18-20-24)12-10-8-7-9-11-21-13-15-23(16-14-21)25(5-2)6-3/h7-20H,4-6H2,1-3H3/q+1. The maximum absolute atomic E-state index is 2.35. The summed E-state index contributed by atoms with van der Waals surface area (Å²) in [5.74, 6) is 0. The molecule has 1 heterocycles. The summed E-state index contributed by atoms with van der Waals surface area (Å²) in [5, 5.41) is 0. The molecule has 0 bridgehead atoms. The van der Waals surface area contributed by atoms with Gasteiger partial charge < -0.3 is 4.90 Å². The molecule has 0 radical (unpaired) electrons. The Morgan fingerprint density at radius 2 is 1.24 bits per heavy atom. The molecule has 0 spiro atoms. The van der Waals surface area contributed by atoms with Gasteiger partial charge in [-0.05, 0) is 44.0 Å². The first-order valence-corrected chi connectivity index (χ1v) is 9.12. The summed E-state index contributed by atoms with van der Waals surface area (Å²) in [6.45, 7) is 9.60. The molecule has 130 valence electrons. The van der Waals surface area contributed by atoms with Crippen LogP contribution >= 0.6 is 0 Å². The Hall–Kier alpha value is -2.61.